The van der Waals surface area contributed by atoms with Gasteiger partial charge in [-0.3, -0.25) is 9.59 Å². The molecule has 0 aromatic carbocycles. The zero-order valence-electron chi connectivity index (χ0n) is 13.3. The SMILES string of the molecule is C[C@]12CCC3=C(CC[C@@]4(C)C(=O)CC[C@H]34)[C@H]1CCC(=O)C2. The Bertz CT molecular complexity index is 558. The fourth-order valence-corrected chi connectivity index (χ4v) is 6.05. The van der Waals surface area contributed by atoms with Crippen LogP contribution in [0.2, 0.25) is 0 Å². The van der Waals surface area contributed by atoms with Gasteiger partial charge < -0.3 is 0 Å². The van der Waals surface area contributed by atoms with E-state index in [2.05, 4.69) is 13.8 Å². The van der Waals surface area contributed by atoms with Crippen LogP contribution in [-0.4, -0.2) is 11.6 Å². The van der Waals surface area contributed by atoms with Gasteiger partial charge in [0.2, 0.25) is 0 Å². The monoisotopic (exact) mass is 286 g/mol. The summed E-state index contributed by atoms with van der Waals surface area (Å²) < 4.78 is 0. The van der Waals surface area contributed by atoms with Gasteiger partial charge >= 0.3 is 0 Å². The molecule has 2 fully saturated rings. The van der Waals surface area contributed by atoms with Crippen molar-refractivity contribution >= 4 is 11.6 Å². The number of carbonyl (C=O) groups is 2. The van der Waals surface area contributed by atoms with E-state index in [-0.39, 0.29) is 10.8 Å². The minimum Gasteiger partial charge on any atom is -0.300 e. The van der Waals surface area contributed by atoms with Crippen LogP contribution >= 0.6 is 0 Å². The topological polar surface area (TPSA) is 34.1 Å². The van der Waals surface area contributed by atoms with Crippen LogP contribution in [0.3, 0.4) is 0 Å². The molecule has 0 aliphatic heterocycles. The van der Waals surface area contributed by atoms with Crippen LogP contribution in [0.1, 0.15) is 71.6 Å². The quantitative estimate of drug-likeness (QED) is 0.624. The zero-order chi connectivity index (χ0) is 14.8. The van der Waals surface area contributed by atoms with Gasteiger partial charge in [-0.05, 0) is 55.8 Å². The largest absolute Gasteiger partial charge is 0.300 e. The van der Waals surface area contributed by atoms with Crippen LogP contribution in [0.15, 0.2) is 11.1 Å². The average Bonchev–Trinajstić information content (AvgIpc) is 2.73. The second-order valence-corrected chi connectivity index (χ2v) is 8.44. The Balaban J connectivity index is 1.74. The Kier molecular flexibility index (Phi) is 2.81. The molecule has 0 unspecified atom stereocenters. The lowest BCUT2D eigenvalue weighted by Gasteiger charge is -2.51. The van der Waals surface area contributed by atoms with Gasteiger partial charge in [-0.2, -0.15) is 0 Å². The Hall–Kier alpha value is -0.920. The third-order valence-electron chi connectivity index (χ3n) is 7.35. The minimum absolute atomic E-state index is 0.0585. The first-order valence-electron chi connectivity index (χ1n) is 8.71. The third kappa shape index (κ3) is 1.77. The molecule has 2 heteroatoms. The van der Waals surface area contributed by atoms with E-state index < -0.39 is 0 Å². The van der Waals surface area contributed by atoms with Crippen molar-refractivity contribution in [3.05, 3.63) is 11.1 Å². The number of hydrogen-bond acceptors (Lipinski definition) is 2. The summed E-state index contributed by atoms with van der Waals surface area (Å²) in [5.41, 5.74) is 3.47. The highest BCUT2D eigenvalue weighted by Gasteiger charge is 2.54. The van der Waals surface area contributed by atoms with Crippen molar-refractivity contribution in [2.75, 3.05) is 0 Å². The summed E-state index contributed by atoms with van der Waals surface area (Å²) in [7, 11) is 0. The molecule has 0 spiro atoms. The number of fused-ring (bicyclic) bond motifs is 4. The normalized spacial score (nSPS) is 46.2. The summed E-state index contributed by atoms with van der Waals surface area (Å²) in [4.78, 5) is 24.2. The summed E-state index contributed by atoms with van der Waals surface area (Å²) in [5, 5.41) is 0. The summed E-state index contributed by atoms with van der Waals surface area (Å²) >= 11 is 0. The van der Waals surface area contributed by atoms with E-state index in [0.29, 0.717) is 23.4 Å². The van der Waals surface area contributed by atoms with Gasteiger partial charge in [0.05, 0.1) is 0 Å². The van der Waals surface area contributed by atoms with Crippen LogP contribution < -0.4 is 0 Å². The second-order valence-electron chi connectivity index (χ2n) is 8.44. The molecule has 21 heavy (non-hydrogen) atoms. The van der Waals surface area contributed by atoms with E-state index in [9.17, 15) is 9.59 Å². The highest BCUT2D eigenvalue weighted by atomic mass is 16.1. The lowest BCUT2D eigenvalue weighted by atomic mass is 9.53. The fourth-order valence-electron chi connectivity index (χ4n) is 6.05. The first kappa shape index (κ1) is 13.7. The number of hydrogen-bond donors (Lipinski definition) is 0. The van der Waals surface area contributed by atoms with E-state index in [1.165, 1.54) is 0 Å². The third-order valence-corrected chi connectivity index (χ3v) is 7.35. The van der Waals surface area contributed by atoms with Gasteiger partial charge in [0, 0.05) is 24.7 Å². The van der Waals surface area contributed by atoms with Crippen molar-refractivity contribution in [2.24, 2.45) is 22.7 Å². The number of Topliss-reactive ketones (excluding diaryl/α,β-unsaturated/α-hetero) is 2. The maximum Gasteiger partial charge on any atom is 0.139 e. The molecule has 2 nitrogen and oxygen atoms in total. The molecule has 4 aliphatic carbocycles. The lowest BCUT2D eigenvalue weighted by Crippen LogP contribution is -2.43. The molecule has 0 heterocycles. The number of allylic oxidation sites excluding steroid dienone is 2. The van der Waals surface area contributed by atoms with Crippen molar-refractivity contribution < 1.29 is 9.59 Å². The summed E-state index contributed by atoms with van der Waals surface area (Å²) in [6, 6.07) is 0. The Morgan fingerprint density at radius 2 is 1.52 bits per heavy atom. The molecule has 0 amide bonds. The molecule has 4 atom stereocenters. The van der Waals surface area contributed by atoms with Crippen LogP contribution in [0.5, 0.6) is 0 Å². The zero-order valence-corrected chi connectivity index (χ0v) is 13.3. The summed E-state index contributed by atoms with van der Waals surface area (Å²) in [5.74, 6) is 2.12. The Morgan fingerprint density at radius 3 is 2.33 bits per heavy atom. The maximum absolute atomic E-state index is 12.3. The summed E-state index contributed by atoms with van der Waals surface area (Å²) in [6.45, 7) is 4.56. The molecule has 0 radical (unpaired) electrons. The molecule has 0 aromatic heterocycles. The Labute approximate surface area is 127 Å². The van der Waals surface area contributed by atoms with E-state index in [1.54, 1.807) is 11.1 Å². The standard InChI is InChI=1S/C19H26O2/c1-18-9-7-14-13(15(18)4-3-12(20)11-18)8-10-19(2)16(14)5-6-17(19)21/h15-16H,3-11H2,1-2H3/t15-,16-,18-,19-/m1/s1. The van der Waals surface area contributed by atoms with Crippen molar-refractivity contribution in [3.63, 3.8) is 0 Å². The first-order valence-corrected chi connectivity index (χ1v) is 8.71. The predicted octanol–water partition coefficient (Wildman–Crippen LogP) is 4.23. The molecule has 0 aromatic rings. The lowest BCUT2D eigenvalue weighted by molar-refractivity contribution is -0.126. The van der Waals surface area contributed by atoms with Gasteiger partial charge in [0.1, 0.15) is 11.6 Å². The van der Waals surface area contributed by atoms with E-state index in [1.807, 2.05) is 0 Å². The van der Waals surface area contributed by atoms with Gasteiger partial charge in [0.15, 0.2) is 0 Å². The predicted molar refractivity (Wildman–Crippen MR) is 81.8 cm³/mol. The first-order chi connectivity index (χ1) is 9.94. The Morgan fingerprint density at radius 1 is 0.857 bits per heavy atom. The number of rotatable bonds is 0. The molecule has 0 saturated heterocycles. The van der Waals surface area contributed by atoms with Crippen molar-refractivity contribution in [1.29, 1.82) is 0 Å². The molecular formula is C19H26O2. The van der Waals surface area contributed by atoms with E-state index in [4.69, 9.17) is 0 Å². The van der Waals surface area contributed by atoms with Gasteiger partial charge in [-0.25, -0.2) is 0 Å². The number of ketones is 2. The van der Waals surface area contributed by atoms with Gasteiger partial charge in [0.25, 0.3) is 0 Å². The van der Waals surface area contributed by atoms with Crippen LogP contribution in [0.25, 0.3) is 0 Å². The fraction of sp³-hybridized carbons (Fsp3) is 0.789. The smallest absolute Gasteiger partial charge is 0.139 e. The highest BCUT2D eigenvalue weighted by molar-refractivity contribution is 5.88. The van der Waals surface area contributed by atoms with E-state index >= 15 is 0 Å². The molecule has 0 bridgehead atoms. The van der Waals surface area contributed by atoms with E-state index in [0.717, 1.165) is 57.8 Å². The van der Waals surface area contributed by atoms with Crippen molar-refractivity contribution in [3.8, 4) is 0 Å². The highest BCUT2D eigenvalue weighted by Crippen LogP contribution is 2.61. The minimum atomic E-state index is -0.0585. The molecule has 0 N–H and O–H groups in total. The van der Waals surface area contributed by atoms with Crippen LogP contribution in [0.4, 0.5) is 0 Å². The molecule has 4 rings (SSSR count). The molecule has 4 aliphatic rings. The van der Waals surface area contributed by atoms with Gasteiger partial charge in [-0.15, -0.1) is 0 Å². The molecule has 2 saturated carbocycles. The molecular weight excluding hydrogens is 260 g/mol. The summed E-state index contributed by atoms with van der Waals surface area (Å²) in [6.07, 6.45) is 8.96. The van der Waals surface area contributed by atoms with Crippen molar-refractivity contribution in [1.82, 2.24) is 0 Å². The second kappa shape index (κ2) is 4.30. The van der Waals surface area contributed by atoms with Crippen LogP contribution in [-0.2, 0) is 9.59 Å². The maximum atomic E-state index is 12.3. The molecule has 114 valence electrons. The van der Waals surface area contributed by atoms with Crippen molar-refractivity contribution in [2.45, 2.75) is 71.6 Å². The number of carbonyl (C=O) groups excluding carboxylic acids is 2. The average molecular weight is 286 g/mol. The van der Waals surface area contributed by atoms with Crippen LogP contribution in [0, 0.1) is 22.7 Å². The van der Waals surface area contributed by atoms with Gasteiger partial charge in [-0.1, -0.05) is 25.0 Å².